The first-order valence-corrected chi connectivity index (χ1v) is 6.00. The van der Waals surface area contributed by atoms with Crippen molar-refractivity contribution in [1.29, 1.82) is 0 Å². The van der Waals surface area contributed by atoms with Crippen LogP contribution in [0.1, 0.15) is 12.5 Å². The second-order valence-electron chi connectivity index (χ2n) is 3.56. The molecule has 0 aliphatic heterocycles. The molecule has 5 N–H and O–H groups in total. The van der Waals surface area contributed by atoms with Gasteiger partial charge in [-0.15, -0.1) is 5.10 Å². The zero-order valence-corrected chi connectivity index (χ0v) is 11.7. The van der Waals surface area contributed by atoms with Gasteiger partial charge in [0.15, 0.2) is 6.10 Å². The van der Waals surface area contributed by atoms with Gasteiger partial charge in [0.1, 0.15) is 5.75 Å². The summed E-state index contributed by atoms with van der Waals surface area (Å²) >= 11 is 3.28. The van der Waals surface area contributed by atoms with Gasteiger partial charge in [0.25, 0.3) is 0 Å². The summed E-state index contributed by atoms with van der Waals surface area (Å²) in [5, 5.41) is 15.9. The van der Waals surface area contributed by atoms with Gasteiger partial charge >= 0.3 is 5.97 Å². The molecule has 0 amide bonds. The molecule has 0 aliphatic carbocycles. The van der Waals surface area contributed by atoms with Crippen molar-refractivity contribution in [1.82, 2.24) is 0 Å². The average molecular weight is 329 g/mol. The van der Waals surface area contributed by atoms with Crippen molar-refractivity contribution in [2.45, 2.75) is 13.0 Å². The van der Waals surface area contributed by atoms with E-state index in [1.165, 1.54) is 13.1 Å². The minimum atomic E-state index is -1.04. The van der Waals surface area contributed by atoms with Crippen LogP contribution in [0.25, 0.3) is 0 Å². The van der Waals surface area contributed by atoms with Gasteiger partial charge in [-0.25, -0.2) is 4.79 Å². The maximum atomic E-state index is 10.7. The molecular weight excluding hydrogens is 316 g/mol. The predicted molar refractivity (Wildman–Crippen MR) is 75.3 cm³/mol. The zero-order chi connectivity index (χ0) is 14.4. The lowest BCUT2D eigenvalue weighted by Gasteiger charge is -2.11. The summed E-state index contributed by atoms with van der Waals surface area (Å²) in [6.45, 7) is 1.45. The van der Waals surface area contributed by atoms with E-state index >= 15 is 0 Å². The number of halogens is 1. The van der Waals surface area contributed by atoms with E-state index in [4.69, 9.17) is 21.3 Å². The molecular formula is C11H13BrN4O3. The van der Waals surface area contributed by atoms with Crippen LogP contribution in [0, 0.1) is 0 Å². The van der Waals surface area contributed by atoms with Crippen molar-refractivity contribution in [3.05, 3.63) is 28.2 Å². The molecule has 19 heavy (non-hydrogen) atoms. The Kier molecular flexibility index (Phi) is 5.31. The Balaban J connectivity index is 2.83. The maximum absolute atomic E-state index is 10.7. The van der Waals surface area contributed by atoms with Crippen LogP contribution >= 0.6 is 15.9 Å². The number of carboxylic acids is 1. The van der Waals surface area contributed by atoms with E-state index in [0.717, 1.165) is 5.56 Å². The molecule has 1 rings (SSSR count). The normalized spacial score (nSPS) is 12.1. The van der Waals surface area contributed by atoms with Crippen LogP contribution in [0.15, 0.2) is 32.9 Å². The topological polar surface area (TPSA) is 123 Å². The van der Waals surface area contributed by atoms with Gasteiger partial charge in [-0.05, 0) is 46.6 Å². The highest BCUT2D eigenvalue weighted by molar-refractivity contribution is 9.10. The Bertz CT molecular complexity index is 527. The van der Waals surface area contributed by atoms with Gasteiger partial charge in [0.2, 0.25) is 5.96 Å². The van der Waals surface area contributed by atoms with E-state index in [2.05, 4.69) is 26.1 Å². The molecule has 0 aromatic heterocycles. The fourth-order valence-corrected chi connectivity index (χ4v) is 1.59. The number of carboxylic acid groups (broad SMARTS) is 1. The molecule has 0 saturated carbocycles. The number of nitrogens with two attached hydrogens (primary N) is 2. The summed E-state index contributed by atoms with van der Waals surface area (Å²) in [4.78, 5) is 10.7. The van der Waals surface area contributed by atoms with Crippen molar-refractivity contribution >= 4 is 34.1 Å². The van der Waals surface area contributed by atoms with Gasteiger partial charge in [-0.3, -0.25) is 0 Å². The third-order valence-corrected chi connectivity index (χ3v) is 2.61. The van der Waals surface area contributed by atoms with Gasteiger partial charge in [0.05, 0.1) is 10.7 Å². The number of rotatable bonds is 5. The fourth-order valence-electron chi connectivity index (χ4n) is 1.10. The first kappa shape index (κ1) is 15.0. The highest BCUT2D eigenvalue weighted by atomic mass is 79.9. The zero-order valence-electron chi connectivity index (χ0n) is 10.1. The summed E-state index contributed by atoms with van der Waals surface area (Å²) in [5.41, 5.74) is 11.0. The Morgan fingerprint density at radius 2 is 2.21 bits per heavy atom. The Labute approximate surface area is 118 Å². The van der Waals surface area contributed by atoms with E-state index in [9.17, 15) is 4.79 Å². The Hall–Kier alpha value is -2.09. The minimum absolute atomic E-state index is 0.134. The van der Waals surface area contributed by atoms with E-state index < -0.39 is 12.1 Å². The molecule has 0 saturated heterocycles. The number of aliphatic carboxylic acids is 1. The number of hydrogen-bond donors (Lipinski definition) is 3. The molecule has 1 aromatic carbocycles. The SMILES string of the molecule is CC(Oc1ccc(C=NN=C(N)N)cc1Br)C(=O)O. The number of hydrogen-bond acceptors (Lipinski definition) is 4. The van der Waals surface area contributed by atoms with Crippen LogP contribution in [0.2, 0.25) is 0 Å². The smallest absolute Gasteiger partial charge is 0.344 e. The van der Waals surface area contributed by atoms with Crippen molar-refractivity contribution < 1.29 is 14.6 Å². The molecule has 0 spiro atoms. The van der Waals surface area contributed by atoms with Crippen LogP contribution in [-0.2, 0) is 4.79 Å². The summed E-state index contributed by atoms with van der Waals surface area (Å²) in [5.74, 6) is -0.746. The molecule has 1 unspecified atom stereocenters. The number of ether oxygens (including phenoxy) is 1. The van der Waals surface area contributed by atoms with Crippen LogP contribution in [-0.4, -0.2) is 29.4 Å². The molecule has 0 radical (unpaired) electrons. The molecule has 0 fully saturated rings. The molecule has 8 heteroatoms. The Morgan fingerprint density at radius 1 is 1.53 bits per heavy atom. The summed E-state index contributed by atoms with van der Waals surface area (Å²) < 4.78 is 5.85. The first-order chi connectivity index (χ1) is 8.90. The van der Waals surface area contributed by atoms with E-state index in [0.29, 0.717) is 10.2 Å². The number of nitrogens with zero attached hydrogens (tertiary/aromatic N) is 2. The second kappa shape index (κ2) is 6.74. The van der Waals surface area contributed by atoms with E-state index in [1.807, 2.05) is 0 Å². The van der Waals surface area contributed by atoms with Crippen LogP contribution < -0.4 is 16.2 Å². The average Bonchev–Trinajstić information content (AvgIpc) is 2.31. The third-order valence-electron chi connectivity index (χ3n) is 1.99. The van der Waals surface area contributed by atoms with Gasteiger partial charge < -0.3 is 21.3 Å². The second-order valence-corrected chi connectivity index (χ2v) is 4.41. The third kappa shape index (κ3) is 4.96. The number of carbonyl (C=O) groups is 1. The molecule has 0 bridgehead atoms. The summed E-state index contributed by atoms with van der Waals surface area (Å²) in [6, 6.07) is 5.02. The van der Waals surface area contributed by atoms with Gasteiger partial charge in [-0.2, -0.15) is 5.10 Å². The van der Waals surface area contributed by atoms with E-state index in [-0.39, 0.29) is 5.96 Å². The summed E-state index contributed by atoms with van der Waals surface area (Å²) in [6.07, 6.45) is 0.520. The lowest BCUT2D eigenvalue weighted by molar-refractivity contribution is -0.144. The molecule has 102 valence electrons. The van der Waals surface area contributed by atoms with Crippen molar-refractivity contribution in [3.8, 4) is 5.75 Å². The first-order valence-electron chi connectivity index (χ1n) is 5.21. The molecule has 1 aromatic rings. The van der Waals surface area contributed by atoms with E-state index in [1.54, 1.807) is 18.2 Å². The van der Waals surface area contributed by atoms with Crippen molar-refractivity contribution in [3.63, 3.8) is 0 Å². The fraction of sp³-hybridized carbons (Fsp3) is 0.182. The lowest BCUT2D eigenvalue weighted by Crippen LogP contribution is -2.23. The Morgan fingerprint density at radius 3 is 2.74 bits per heavy atom. The van der Waals surface area contributed by atoms with Gasteiger partial charge in [0, 0.05) is 0 Å². The highest BCUT2D eigenvalue weighted by Gasteiger charge is 2.14. The highest BCUT2D eigenvalue weighted by Crippen LogP contribution is 2.26. The molecule has 7 nitrogen and oxygen atoms in total. The number of benzene rings is 1. The standard InChI is InChI=1S/C11H13BrN4O3/c1-6(10(17)18)19-9-3-2-7(4-8(9)12)5-15-16-11(13)14/h2-6H,1H3,(H,17,18)(H4,13,14,16). The van der Waals surface area contributed by atoms with Gasteiger partial charge in [-0.1, -0.05) is 0 Å². The summed E-state index contributed by atoms with van der Waals surface area (Å²) in [7, 11) is 0. The largest absolute Gasteiger partial charge is 0.479 e. The van der Waals surface area contributed by atoms with Crippen LogP contribution in [0.5, 0.6) is 5.75 Å². The van der Waals surface area contributed by atoms with Crippen molar-refractivity contribution in [2.75, 3.05) is 0 Å². The lowest BCUT2D eigenvalue weighted by atomic mass is 10.2. The maximum Gasteiger partial charge on any atom is 0.344 e. The minimum Gasteiger partial charge on any atom is -0.479 e. The molecule has 1 atom stereocenters. The van der Waals surface area contributed by atoms with Crippen molar-refractivity contribution in [2.24, 2.45) is 21.7 Å². The number of guanidine groups is 1. The quantitative estimate of drug-likeness (QED) is 0.421. The monoisotopic (exact) mass is 328 g/mol. The molecule has 0 aliphatic rings. The predicted octanol–water partition coefficient (Wildman–Crippen LogP) is 0.908. The molecule has 0 heterocycles. The van der Waals surface area contributed by atoms with Crippen LogP contribution in [0.3, 0.4) is 0 Å². The van der Waals surface area contributed by atoms with Crippen LogP contribution in [0.4, 0.5) is 0 Å².